The van der Waals surface area contributed by atoms with Crippen LogP contribution in [-0.4, -0.2) is 23.1 Å². The van der Waals surface area contributed by atoms with Crippen molar-refractivity contribution in [1.29, 1.82) is 0 Å². The Labute approximate surface area is 126 Å². The molecule has 4 saturated carbocycles. The van der Waals surface area contributed by atoms with Gasteiger partial charge in [0.2, 0.25) is 0 Å². The normalized spacial score (nSPS) is 39.4. The Hall–Kier alpha value is -0.840. The van der Waals surface area contributed by atoms with E-state index in [0.29, 0.717) is 11.5 Å². The van der Waals surface area contributed by atoms with Gasteiger partial charge in [0.05, 0.1) is 4.99 Å². The molecule has 20 heavy (non-hydrogen) atoms. The molecule has 0 saturated heterocycles. The van der Waals surface area contributed by atoms with E-state index in [1.54, 1.807) is 0 Å². The number of rotatable bonds is 4. The Morgan fingerprint density at radius 3 is 2.20 bits per heavy atom. The highest BCUT2D eigenvalue weighted by Crippen LogP contribution is 2.55. The lowest BCUT2D eigenvalue weighted by molar-refractivity contribution is -0.0135. The molecule has 1 atom stereocenters. The fourth-order valence-electron chi connectivity index (χ4n) is 4.90. The Balaban J connectivity index is 1.55. The number of carbonyl (C=O) groups excluding carboxylic acids is 1. The number of urea groups is 1. The molecule has 5 heteroatoms. The predicted molar refractivity (Wildman–Crippen MR) is 83.4 cm³/mol. The van der Waals surface area contributed by atoms with Gasteiger partial charge in [-0.1, -0.05) is 19.1 Å². The van der Waals surface area contributed by atoms with Gasteiger partial charge in [-0.3, -0.25) is 0 Å². The molecule has 0 aromatic carbocycles. The lowest BCUT2D eigenvalue weighted by atomic mass is 9.53. The molecular weight excluding hydrogens is 270 g/mol. The number of nitrogens with two attached hydrogens (primary N) is 1. The molecule has 0 radical (unpaired) electrons. The summed E-state index contributed by atoms with van der Waals surface area (Å²) in [6, 6.07) is -0.0462. The van der Waals surface area contributed by atoms with E-state index in [4.69, 9.17) is 18.0 Å². The van der Waals surface area contributed by atoms with Gasteiger partial charge in [-0.2, -0.15) is 0 Å². The molecule has 1 unspecified atom stereocenters. The summed E-state index contributed by atoms with van der Waals surface area (Å²) in [4.78, 5) is 12.6. The van der Waals surface area contributed by atoms with Crippen LogP contribution in [0.5, 0.6) is 0 Å². The van der Waals surface area contributed by atoms with Crippen LogP contribution >= 0.6 is 12.2 Å². The van der Waals surface area contributed by atoms with E-state index in [2.05, 4.69) is 10.6 Å². The minimum atomic E-state index is -0.0462. The topological polar surface area (TPSA) is 67.2 Å². The third kappa shape index (κ3) is 2.78. The average Bonchev–Trinajstić information content (AvgIpc) is 2.33. The Kier molecular flexibility index (Phi) is 3.65. The van der Waals surface area contributed by atoms with E-state index in [-0.39, 0.29) is 17.5 Å². The SMILES string of the molecule is CC(CNC(=O)NC12CC3CC(CC(C3)C1)C2)C(N)=S. The van der Waals surface area contributed by atoms with Crippen LogP contribution in [0, 0.1) is 23.7 Å². The lowest BCUT2D eigenvalue weighted by Crippen LogP contribution is -2.61. The molecule has 0 aliphatic heterocycles. The second kappa shape index (κ2) is 5.17. The quantitative estimate of drug-likeness (QED) is 0.696. The Morgan fingerprint density at radius 2 is 1.75 bits per heavy atom. The molecule has 4 rings (SSSR count). The zero-order chi connectivity index (χ0) is 14.3. The molecule has 2 amide bonds. The fraction of sp³-hybridized carbons (Fsp3) is 0.867. The molecule has 4 bridgehead atoms. The number of carbonyl (C=O) groups is 1. The molecule has 4 aliphatic carbocycles. The number of nitrogens with one attached hydrogen (secondary N) is 2. The molecule has 0 aromatic rings. The number of amides is 2. The summed E-state index contributed by atoms with van der Waals surface area (Å²) >= 11 is 4.93. The molecule has 4 aliphatic rings. The van der Waals surface area contributed by atoms with E-state index in [0.717, 1.165) is 17.8 Å². The van der Waals surface area contributed by atoms with Crippen LogP contribution in [0.4, 0.5) is 4.79 Å². The highest BCUT2D eigenvalue weighted by molar-refractivity contribution is 7.80. The Morgan fingerprint density at radius 1 is 1.25 bits per heavy atom. The van der Waals surface area contributed by atoms with E-state index < -0.39 is 0 Å². The summed E-state index contributed by atoms with van der Waals surface area (Å²) in [6.07, 6.45) is 7.70. The third-order valence-corrected chi connectivity index (χ3v) is 5.87. The van der Waals surface area contributed by atoms with Crippen molar-refractivity contribution in [3.8, 4) is 0 Å². The van der Waals surface area contributed by atoms with Crippen molar-refractivity contribution in [2.75, 3.05) is 6.54 Å². The van der Waals surface area contributed by atoms with Crippen LogP contribution < -0.4 is 16.4 Å². The first-order chi connectivity index (χ1) is 9.46. The largest absolute Gasteiger partial charge is 0.393 e. The minimum absolute atomic E-state index is 0.0462. The molecule has 112 valence electrons. The van der Waals surface area contributed by atoms with E-state index in [9.17, 15) is 4.79 Å². The van der Waals surface area contributed by atoms with Gasteiger partial charge < -0.3 is 16.4 Å². The Bertz CT molecular complexity index is 388. The van der Waals surface area contributed by atoms with Crippen LogP contribution in [0.25, 0.3) is 0 Å². The van der Waals surface area contributed by atoms with Crippen molar-refractivity contribution in [3.63, 3.8) is 0 Å². The fourth-order valence-corrected chi connectivity index (χ4v) is 4.98. The maximum absolute atomic E-state index is 12.1. The van der Waals surface area contributed by atoms with Gasteiger partial charge in [-0.25, -0.2) is 4.79 Å². The van der Waals surface area contributed by atoms with Gasteiger partial charge in [0.25, 0.3) is 0 Å². The van der Waals surface area contributed by atoms with Crippen molar-refractivity contribution in [2.45, 2.75) is 51.0 Å². The second-order valence-electron chi connectivity index (χ2n) is 7.34. The zero-order valence-corrected chi connectivity index (χ0v) is 13.0. The first-order valence-electron chi connectivity index (χ1n) is 7.81. The van der Waals surface area contributed by atoms with Crippen molar-refractivity contribution in [1.82, 2.24) is 10.6 Å². The van der Waals surface area contributed by atoms with Crippen molar-refractivity contribution < 1.29 is 4.79 Å². The molecule has 0 heterocycles. The van der Waals surface area contributed by atoms with Crippen LogP contribution in [0.1, 0.15) is 45.4 Å². The zero-order valence-electron chi connectivity index (χ0n) is 12.2. The summed E-state index contributed by atoms with van der Waals surface area (Å²) < 4.78 is 0. The highest BCUT2D eigenvalue weighted by Gasteiger charge is 2.51. The van der Waals surface area contributed by atoms with Gasteiger partial charge in [-0.15, -0.1) is 0 Å². The first kappa shape index (κ1) is 14.1. The van der Waals surface area contributed by atoms with E-state index >= 15 is 0 Å². The lowest BCUT2D eigenvalue weighted by Gasteiger charge is -2.56. The smallest absolute Gasteiger partial charge is 0.315 e. The molecule has 4 N–H and O–H groups in total. The minimum Gasteiger partial charge on any atom is -0.393 e. The van der Waals surface area contributed by atoms with E-state index in [1.165, 1.54) is 38.5 Å². The average molecular weight is 295 g/mol. The summed E-state index contributed by atoms with van der Waals surface area (Å²) in [6.45, 7) is 2.46. The monoisotopic (exact) mass is 295 g/mol. The number of hydrogen-bond donors (Lipinski definition) is 3. The summed E-state index contributed by atoms with van der Waals surface area (Å²) in [7, 11) is 0. The molecule has 4 fully saturated rings. The molecule has 4 nitrogen and oxygen atoms in total. The van der Waals surface area contributed by atoms with Gasteiger partial charge >= 0.3 is 6.03 Å². The van der Waals surface area contributed by atoms with Gasteiger partial charge in [0.15, 0.2) is 0 Å². The summed E-state index contributed by atoms with van der Waals surface area (Å²) in [5, 5.41) is 6.21. The van der Waals surface area contributed by atoms with Crippen molar-refractivity contribution in [3.05, 3.63) is 0 Å². The maximum Gasteiger partial charge on any atom is 0.315 e. The molecule has 0 aromatic heterocycles. The van der Waals surface area contributed by atoms with Gasteiger partial charge in [-0.05, 0) is 56.3 Å². The first-order valence-corrected chi connectivity index (χ1v) is 8.22. The summed E-state index contributed by atoms with van der Waals surface area (Å²) in [5.41, 5.74) is 5.64. The highest BCUT2D eigenvalue weighted by atomic mass is 32.1. The standard InChI is InChI=1S/C15H25N3OS/c1-9(13(16)20)8-17-14(19)18-15-5-10-2-11(6-15)4-12(3-10)7-15/h9-12H,2-8H2,1H3,(H2,16,20)(H2,17,18,19). The van der Waals surface area contributed by atoms with Crippen LogP contribution in [0.3, 0.4) is 0 Å². The molecule has 0 spiro atoms. The number of hydrogen-bond acceptors (Lipinski definition) is 2. The van der Waals surface area contributed by atoms with Crippen molar-refractivity contribution in [2.24, 2.45) is 29.4 Å². The maximum atomic E-state index is 12.1. The van der Waals surface area contributed by atoms with Crippen molar-refractivity contribution >= 4 is 23.2 Å². The predicted octanol–water partition coefficient (Wildman–Crippen LogP) is 2.18. The van der Waals surface area contributed by atoms with E-state index in [1.807, 2.05) is 6.92 Å². The third-order valence-electron chi connectivity index (χ3n) is 5.47. The van der Waals surface area contributed by atoms with Crippen LogP contribution in [-0.2, 0) is 0 Å². The summed E-state index contributed by atoms with van der Waals surface area (Å²) in [5.74, 6) is 2.58. The number of thiocarbonyl (C=S) groups is 1. The van der Waals surface area contributed by atoms with Crippen LogP contribution in [0.15, 0.2) is 0 Å². The van der Waals surface area contributed by atoms with Gasteiger partial charge in [0.1, 0.15) is 0 Å². The van der Waals surface area contributed by atoms with Gasteiger partial charge in [0, 0.05) is 18.0 Å². The molecular formula is C15H25N3OS. The van der Waals surface area contributed by atoms with Crippen LogP contribution in [0.2, 0.25) is 0 Å². The second-order valence-corrected chi connectivity index (χ2v) is 7.81.